The van der Waals surface area contributed by atoms with Crippen LogP contribution in [-0.2, 0) is 6.54 Å². The molecule has 0 bridgehead atoms. The first-order chi connectivity index (χ1) is 10.4. The van der Waals surface area contributed by atoms with Gasteiger partial charge in [0, 0.05) is 19.6 Å². The normalized spacial score (nSPS) is 22.0. The summed E-state index contributed by atoms with van der Waals surface area (Å²) in [5.41, 5.74) is 0.381. The molecule has 0 radical (unpaired) electrons. The predicted octanol–water partition coefficient (Wildman–Crippen LogP) is 1.83. The smallest absolute Gasteiger partial charge is 0.335 e. The summed E-state index contributed by atoms with van der Waals surface area (Å²) in [7, 11) is 0. The van der Waals surface area contributed by atoms with Gasteiger partial charge >= 0.3 is 12.0 Å². The van der Waals surface area contributed by atoms with Crippen LogP contribution >= 0.6 is 0 Å². The first-order valence-electron chi connectivity index (χ1n) is 7.45. The summed E-state index contributed by atoms with van der Waals surface area (Å²) in [5, 5.41) is 21.7. The Bertz CT molecular complexity index is 540. The molecule has 2 amide bonds. The van der Waals surface area contributed by atoms with Crippen molar-refractivity contribution in [2.75, 3.05) is 13.1 Å². The minimum absolute atomic E-state index is 0.153. The van der Waals surface area contributed by atoms with Crippen LogP contribution in [-0.4, -0.2) is 45.8 Å². The van der Waals surface area contributed by atoms with Gasteiger partial charge in [-0.3, -0.25) is 0 Å². The number of aromatic carboxylic acids is 1. The summed E-state index contributed by atoms with van der Waals surface area (Å²) in [6, 6.07) is 6.27. The SMILES string of the molecule is CC1(O)CCCN(C(=O)NCc2ccc(C(=O)O)cc2)CC1. The molecule has 3 N–H and O–H groups in total. The average Bonchev–Trinajstić information content (AvgIpc) is 2.66. The number of carboxylic acids is 1. The topological polar surface area (TPSA) is 89.9 Å². The number of carbonyl (C=O) groups excluding carboxylic acids is 1. The number of nitrogens with zero attached hydrogens (tertiary/aromatic N) is 1. The van der Waals surface area contributed by atoms with E-state index in [0.29, 0.717) is 32.5 Å². The van der Waals surface area contributed by atoms with Gasteiger partial charge < -0.3 is 20.4 Å². The Hall–Kier alpha value is -2.08. The van der Waals surface area contributed by atoms with E-state index in [1.165, 1.54) is 12.1 Å². The number of likely N-dealkylation sites (tertiary alicyclic amines) is 1. The molecule has 1 fully saturated rings. The number of rotatable bonds is 3. The lowest BCUT2D eigenvalue weighted by Gasteiger charge is -2.23. The van der Waals surface area contributed by atoms with E-state index in [0.717, 1.165) is 12.0 Å². The number of nitrogens with one attached hydrogen (secondary N) is 1. The fourth-order valence-corrected chi connectivity index (χ4v) is 2.52. The highest BCUT2D eigenvalue weighted by Crippen LogP contribution is 2.21. The Morgan fingerprint density at radius 1 is 1.23 bits per heavy atom. The van der Waals surface area contributed by atoms with Crippen LogP contribution in [0.5, 0.6) is 0 Å². The zero-order valence-corrected chi connectivity index (χ0v) is 12.7. The molecule has 1 unspecified atom stereocenters. The number of amides is 2. The third-order valence-corrected chi connectivity index (χ3v) is 4.00. The lowest BCUT2D eigenvalue weighted by atomic mass is 9.98. The van der Waals surface area contributed by atoms with E-state index in [9.17, 15) is 14.7 Å². The Labute approximate surface area is 129 Å². The molecule has 1 atom stereocenters. The summed E-state index contributed by atoms with van der Waals surface area (Å²) < 4.78 is 0. The molecule has 2 rings (SSSR count). The van der Waals surface area contributed by atoms with Crippen molar-refractivity contribution in [3.05, 3.63) is 35.4 Å². The summed E-state index contributed by atoms with van der Waals surface area (Å²) in [5.74, 6) is -0.966. The largest absolute Gasteiger partial charge is 0.478 e. The Kier molecular flexibility index (Phi) is 5.03. The molecule has 1 aliphatic rings. The highest BCUT2D eigenvalue weighted by molar-refractivity contribution is 5.87. The van der Waals surface area contributed by atoms with Crippen molar-refractivity contribution >= 4 is 12.0 Å². The van der Waals surface area contributed by atoms with Gasteiger partial charge in [-0.25, -0.2) is 9.59 Å². The monoisotopic (exact) mass is 306 g/mol. The van der Waals surface area contributed by atoms with Gasteiger partial charge in [-0.1, -0.05) is 12.1 Å². The molecular formula is C16H22N2O4. The first-order valence-corrected chi connectivity index (χ1v) is 7.45. The molecular weight excluding hydrogens is 284 g/mol. The highest BCUT2D eigenvalue weighted by atomic mass is 16.4. The van der Waals surface area contributed by atoms with Gasteiger partial charge in [0.1, 0.15) is 0 Å². The standard InChI is InChI=1S/C16H22N2O4/c1-16(22)7-2-9-18(10-8-16)15(21)17-11-12-3-5-13(6-4-12)14(19)20/h3-6,22H,2,7-11H2,1H3,(H,17,21)(H,19,20). The van der Waals surface area contributed by atoms with E-state index in [2.05, 4.69) is 5.32 Å². The fourth-order valence-electron chi connectivity index (χ4n) is 2.52. The van der Waals surface area contributed by atoms with E-state index < -0.39 is 11.6 Å². The molecule has 120 valence electrons. The van der Waals surface area contributed by atoms with Crippen molar-refractivity contribution in [3.8, 4) is 0 Å². The zero-order chi connectivity index (χ0) is 16.2. The third-order valence-electron chi connectivity index (χ3n) is 4.00. The second-order valence-corrected chi connectivity index (χ2v) is 6.00. The van der Waals surface area contributed by atoms with Crippen LogP contribution in [0, 0.1) is 0 Å². The Morgan fingerprint density at radius 3 is 2.55 bits per heavy atom. The van der Waals surface area contributed by atoms with E-state index in [1.54, 1.807) is 24.0 Å². The number of urea groups is 1. The first kappa shape index (κ1) is 16.3. The van der Waals surface area contributed by atoms with Gasteiger partial charge in [-0.05, 0) is 43.9 Å². The number of hydrogen-bond acceptors (Lipinski definition) is 3. The minimum Gasteiger partial charge on any atom is -0.478 e. The molecule has 1 aliphatic heterocycles. The number of hydrogen-bond donors (Lipinski definition) is 3. The average molecular weight is 306 g/mol. The van der Waals surface area contributed by atoms with Crippen LogP contribution < -0.4 is 5.32 Å². The Balaban J connectivity index is 1.85. The van der Waals surface area contributed by atoms with Crippen LogP contribution in [0.25, 0.3) is 0 Å². The van der Waals surface area contributed by atoms with Gasteiger partial charge in [-0.2, -0.15) is 0 Å². The van der Waals surface area contributed by atoms with Crippen molar-refractivity contribution in [2.45, 2.75) is 38.3 Å². The van der Waals surface area contributed by atoms with Crippen LogP contribution in [0.1, 0.15) is 42.1 Å². The highest BCUT2D eigenvalue weighted by Gasteiger charge is 2.26. The molecule has 0 saturated carbocycles. The molecule has 0 aliphatic carbocycles. The molecule has 1 aromatic carbocycles. The quantitative estimate of drug-likeness (QED) is 0.794. The van der Waals surface area contributed by atoms with Crippen molar-refractivity contribution in [2.24, 2.45) is 0 Å². The van der Waals surface area contributed by atoms with Crippen molar-refractivity contribution in [1.82, 2.24) is 10.2 Å². The maximum absolute atomic E-state index is 12.1. The molecule has 6 heteroatoms. The summed E-state index contributed by atoms with van der Waals surface area (Å²) >= 11 is 0. The molecule has 0 aromatic heterocycles. The Morgan fingerprint density at radius 2 is 1.91 bits per heavy atom. The fraction of sp³-hybridized carbons (Fsp3) is 0.500. The van der Waals surface area contributed by atoms with Crippen LogP contribution in [0.4, 0.5) is 4.79 Å². The van der Waals surface area contributed by atoms with E-state index in [4.69, 9.17) is 5.11 Å². The number of aliphatic hydroxyl groups is 1. The molecule has 22 heavy (non-hydrogen) atoms. The third kappa shape index (κ3) is 4.46. The van der Waals surface area contributed by atoms with Gasteiger partial charge in [0.05, 0.1) is 11.2 Å². The number of benzene rings is 1. The van der Waals surface area contributed by atoms with E-state index in [1.807, 2.05) is 0 Å². The molecule has 1 heterocycles. The maximum atomic E-state index is 12.1. The zero-order valence-electron chi connectivity index (χ0n) is 12.7. The maximum Gasteiger partial charge on any atom is 0.335 e. The number of carbonyl (C=O) groups is 2. The van der Waals surface area contributed by atoms with Gasteiger partial charge in [0.15, 0.2) is 0 Å². The van der Waals surface area contributed by atoms with Gasteiger partial charge in [0.25, 0.3) is 0 Å². The van der Waals surface area contributed by atoms with Crippen LogP contribution in [0.15, 0.2) is 24.3 Å². The van der Waals surface area contributed by atoms with Crippen molar-refractivity contribution in [3.63, 3.8) is 0 Å². The van der Waals surface area contributed by atoms with Crippen molar-refractivity contribution < 1.29 is 19.8 Å². The molecule has 1 aromatic rings. The van der Waals surface area contributed by atoms with Crippen LogP contribution in [0.2, 0.25) is 0 Å². The molecule has 0 spiro atoms. The summed E-state index contributed by atoms with van der Waals surface area (Å²) in [6.45, 7) is 3.33. The summed E-state index contributed by atoms with van der Waals surface area (Å²) in [4.78, 5) is 24.6. The second kappa shape index (κ2) is 6.79. The second-order valence-electron chi connectivity index (χ2n) is 6.00. The summed E-state index contributed by atoms with van der Waals surface area (Å²) in [6.07, 6.45) is 2.06. The van der Waals surface area contributed by atoms with E-state index >= 15 is 0 Å². The predicted molar refractivity (Wildman–Crippen MR) is 81.7 cm³/mol. The lowest BCUT2D eigenvalue weighted by molar-refractivity contribution is 0.0456. The lowest BCUT2D eigenvalue weighted by Crippen LogP contribution is -2.40. The van der Waals surface area contributed by atoms with E-state index in [-0.39, 0.29) is 11.6 Å². The molecule has 1 saturated heterocycles. The minimum atomic E-state index is -0.966. The van der Waals surface area contributed by atoms with Gasteiger partial charge in [0.2, 0.25) is 0 Å². The van der Waals surface area contributed by atoms with Crippen molar-refractivity contribution in [1.29, 1.82) is 0 Å². The van der Waals surface area contributed by atoms with Gasteiger partial charge in [-0.15, -0.1) is 0 Å². The number of carboxylic acid groups (broad SMARTS) is 1. The molecule has 6 nitrogen and oxygen atoms in total. The van der Waals surface area contributed by atoms with Crippen LogP contribution in [0.3, 0.4) is 0 Å².